The second kappa shape index (κ2) is 25.2. The topological polar surface area (TPSA) is 190 Å². The fourth-order valence-electron chi connectivity index (χ4n) is 0. The third kappa shape index (κ3) is 288. The van der Waals surface area contributed by atoms with E-state index in [9.17, 15) is 0 Å². The van der Waals surface area contributed by atoms with E-state index >= 15 is 0 Å². The standard InChI is InChI=1S/3Mn.9O.2Tb/q;;;;;;6*-1;2*+3. The molecule has 0 radical (unpaired) electrons. The molecule has 0 rings (SSSR count). The molecule has 0 saturated heterocycles. The zero-order valence-corrected chi connectivity index (χ0v) is 13.3. The predicted molar refractivity (Wildman–Crippen MR) is 2.06 cm³/mol. The van der Waals surface area contributed by atoms with Crippen molar-refractivity contribution in [2.45, 2.75) is 0 Å². The van der Waals surface area contributed by atoms with Crippen molar-refractivity contribution in [3.05, 3.63) is 0 Å². The van der Waals surface area contributed by atoms with Gasteiger partial charge >= 0.3 is 157 Å². The van der Waals surface area contributed by atoms with Crippen molar-refractivity contribution in [2.75, 3.05) is 0 Å². The van der Waals surface area contributed by atoms with E-state index in [1.54, 1.807) is 0 Å². The molecule has 9 nitrogen and oxygen atoms in total. The van der Waals surface area contributed by atoms with Gasteiger partial charge < -0.3 is 0 Å². The molecule has 0 spiro atoms. The van der Waals surface area contributed by atoms with E-state index in [0.29, 0.717) is 0 Å². The van der Waals surface area contributed by atoms with Crippen LogP contribution < -0.4 is 25.1 Å². The molecule has 93 valence electrons. The van der Waals surface area contributed by atoms with Gasteiger partial charge in [-0.15, -0.1) is 0 Å². The Morgan fingerprint density at radius 2 is 0.500 bits per heavy atom. The van der Waals surface area contributed by atoms with Crippen molar-refractivity contribution in [1.29, 1.82) is 0 Å². The van der Waals surface area contributed by atoms with Gasteiger partial charge in [0.15, 0.2) is 0 Å². The maximum atomic E-state index is 8.52. The van der Waals surface area contributed by atoms with Gasteiger partial charge in [0, 0.05) is 0 Å². The maximum Gasteiger partial charge on any atom is 3.00 e. The van der Waals surface area contributed by atoms with Crippen molar-refractivity contribution >= 4 is 0 Å². The van der Waals surface area contributed by atoms with Gasteiger partial charge in [-0.05, 0) is 0 Å². The Kier molecular flexibility index (Phi) is 54.7. The molecule has 0 saturated carbocycles. The van der Waals surface area contributed by atoms with Crippen LogP contribution in [0.1, 0.15) is 0 Å². The summed E-state index contributed by atoms with van der Waals surface area (Å²) < 4.78 is 76.7. The molecule has 0 unspecified atom stereocenters. The Bertz CT molecular complexity index is 116. The number of rotatable bonds is 0. The van der Waals surface area contributed by atoms with Crippen molar-refractivity contribution in [2.24, 2.45) is 0 Å². The van der Waals surface area contributed by atoms with Gasteiger partial charge in [0.25, 0.3) is 0 Å². The fourth-order valence-corrected chi connectivity index (χ4v) is 0. The Morgan fingerprint density at radius 1 is 0.500 bits per heavy atom. The molecule has 0 aromatic rings. The molecule has 0 amide bonds. The van der Waals surface area contributed by atoms with E-state index < -0.39 is 43.5 Å². The van der Waals surface area contributed by atoms with Crippen LogP contribution in [-0.4, -0.2) is 0 Å². The molecule has 0 aliphatic carbocycles. The maximum absolute atomic E-state index is 8.52. The Balaban J connectivity index is -0.0000000270. The van der Waals surface area contributed by atoms with E-state index in [2.05, 4.69) is 0 Å². The van der Waals surface area contributed by atoms with Crippen LogP contribution >= 0.6 is 0 Å². The Hall–Kier alpha value is 3.29. The summed E-state index contributed by atoms with van der Waals surface area (Å²) in [6.07, 6.45) is 0. The molecule has 0 aromatic carbocycles. The molecular formula is Mn3O9Tb2. The third-order valence-corrected chi connectivity index (χ3v) is 0. The van der Waals surface area contributed by atoms with Crippen molar-refractivity contribution in [3.8, 4) is 0 Å². The summed E-state index contributed by atoms with van der Waals surface area (Å²) >= 11 is -10.9. The molecule has 0 atom stereocenters. The van der Waals surface area contributed by atoms with E-state index in [4.69, 9.17) is 36.6 Å². The minimum Gasteiger partial charge on any atom is 3.00 e. The smallest absolute Gasteiger partial charge is 3.00 e. The van der Waals surface area contributed by atoms with Crippen LogP contribution in [0.15, 0.2) is 0 Å². The molecule has 0 aromatic heterocycles. The molecule has 0 fully saturated rings. The molecule has 0 aliphatic rings. The van der Waals surface area contributed by atoms with Gasteiger partial charge in [0.05, 0.1) is 0 Å². The van der Waals surface area contributed by atoms with Gasteiger partial charge in [0.1, 0.15) is 0 Å². The fraction of sp³-hybridized carbons (Fsp3) is 0. The molecular weight excluding hydrogens is 627 g/mol. The first-order valence-electron chi connectivity index (χ1n) is 1.39. The summed E-state index contributed by atoms with van der Waals surface area (Å²) in [4.78, 5) is 0. The van der Waals surface area contributed by atoms with E-state index in [0.717, 1.165) is 0 Å². The van der Waals surface area contributed by atoms with Gasteiger partial charge in [-0.1, -0.05) is 0 Å². The van der Waals surface area contributed by atoms with Crippen LogP contribution in [0, 0.1) is 77.2 Å². The van der Waals surface area contributed by atoms with E-state index in [1.807, 2.05) is 0 Å². The van der Waals surface area contributed by atoms with Gasteiger partial charge in [-0.25, -0.2) is 0 Å². The first-order chi connectivity index (χ1) is 5.20. The van der Waals surface area contributed by atoms with Crippen LogP contribution in [0.25, 0.3) is 0 Å². The average Bonchev–Trinajstić information content (AvgIpc) is 1.54. The second-order valence-corrected chi connectivity index (χ2v) is 2.34. The summed E-state index contributed by atoms with van der Waals surface area (Å²) in [5, 5.41) is 0. The number of hydrogen-bond donors (Lipinski definition) is 0. The molecule has 0 bridgehead atoms. The molecule has 14 heavy (non-hydrogen) atoms. The van der Waals surface area contributed by atoms with Gasteiger partial charge in [-0.3, -0.25) is 0 Å². The zero-order valence-electron chi connectivity index (χ0n) is 5.47. The molecule has 14 heteroatoms. The first-order valence-corrected chi connectivity index (χ1v) is 5.73. The summed E-state index contributed by atoms with van der Waals surface area (Å²) in [5.74, 6) is 0. The average molecular weight is 627 g/mol. The Labute approximate surface area is 154 Å². The van der Waals surface area contributed by atoms with Crippen LogP contribution in [0.5, 0.6) is 0 Å². The van der Waals surface area contributed by atoms with Gasteiger partial charge in [0.2, 0.25) is 0 Å². The van der Waals surface area contributed by atoms with Crippen molar-refractivity contribution in [3.63, 3.8) is 0 Å². The monoisotopic (exact) mass is 627 g/mol. The molecule has 0 aliphatic heterocycles. The Morgan fingerprint density at radius 3 is 0.500 bits per heavy atom. The van der Waals surface area contributed by atoms with Crippen molar-refractivity contribution in [1.82, 2.24) is 0 Å². The SMILES string of the molecule is [O]=[Mn]([O-])[O-].[O]=[Mn]([O-])[O-].[O]=[Mn]([O-])[O-].[Tb+3].[Tb+3]. The van der Waals surface area contributed by atoms with Crippen LogP contribution in [0.2, 0.25) is 0 Å². The largest absolute Gasteiger partial charge is 3.00 e. The first kappa shape index (κ1) is 30.4. The minimum atomic E-state index is -3.65. The zero-order chi connectivity index (χ0) is 10.7. The van der Waals surface area contributed by atoms with E-state index in [1.165, 1.54) is 0 Å². The quantitative estimate of drug-likeness (QED) is 0.235. The summed E-state index contributed by atoms with van der Waals surface area (Å²) in [6.45, 7) is 0. The van der Waals surface area contributed by atoms with Crippen LogP contribution in [0.3, 0.4) is 0 Å². The van der Waals surface area contributed by atoms with E-state index in [-0.39, 0.29) is 77.2 Å². The number of hydrogen-bond acceptors (Lipinski definition) is 9. The molecule has 0 N–H and O–H groups in total. The second-order valence-electron chi connectivity index (χ2n) is 0.567. The normalized spacial score (nSPS) is 7.50. The van der Waals surface area contributed by atoms with Crippen molar-refractivity contribution < 1.29 is 157 Å². The summed E-state index contributed by atoms with van der Waals surface area (Å²) in [7, 11) is 0. The minimum absolute atomic E-state index is 0. The van der Waals surface area contributed by atoms with Gasteiger partial charge in [-0.2, -0.15) is 0 Å². The molecule has 0 heterocycles. The third-order valence-electron chi connectivity index (χ3n) is 0. The predicted octanol–water partition coefficient (Wildman–Crippen LogP) is -7.50. The van der Waals surface area contributed by atoms with Crippen LogP contribution in [0.4, 0.5) is 0 Å². The van der Waals surface area contributed by atoms with Crippen LogP contribution in [-0.2, 0) is 55.0 Å². The summed E-state index contributed by atoms with van der Waals surface area (Å²) in [5.41, 5.74) is 0. The summed E-state index contributed by atoms with van der Waals surface area (Å²) in [6, 6.07) is 0.